The molecular formula is C22H29F3. The van der Waals surface area contributed by atoms with Crippen LogP contribution in [0.25, 0.3) is 5.57 Å². The lowest BCUT2D eigenvalue weighted by atomic mass is 9.69. The van der Waals surface area contributed by atoms with Crippen LogP contribution in [0.1, 0.15) is 76.3 Å². The Kier molecular flexibility index (Phi) is 5.91. The maximum atomic E-state index is 14.4. The lowest BCUT2D eigenvalue weighted by molar-refractivity contribution is 0.190. The van der Waals surface area contributed by atoms with Gasteiger partial charge in [0.05, 0.1) is 0 Å². The first-order chi connectivity index (χ1) is 12.0. The molecule has 1 aromatic rings. The molecule has 1 fully saturated rings. The molecule has 1 atom stereocenters. The van der Waals surface area contributed by atoms with E-state index in [1.807, 2.05) is 0 Å². The molecule has 0 amide bonds. The summed E-state index contributed by atoms with van der Waals surface area (Å²) >= 11 is 0. The van der Waals surface area contributed by atoms with Crippen molar-refractivity contribution in [2.24, 2.45) is 17.8 Å². The average Bonchev–Trinajstić information content (AvgIpc) is 2.64. The molecule has 0 heterocycles. The summed E-state index contributed by atoms with van der Waals surface area (Å²) in [5, 5.41) is 0. The van der Waals surface area contributed by atoms with Crippen molar-refractivity contribution in [2.75, 3.05) is 0 Å². The Bertz CT molecular complexity index is 639. The van der Waals surface area contributed by atoms with Gasteiger partial charge in [-0.2, -0.15) is 0 Å². The second-order valence-electron chi connectivity index (χ2n) is 7.98. The number of halogens is 3. The van der Waals surface area contributed by atoms with E-state index in [4.69, 9.17) is 0 Å². The predicted molar refractivity (Wildman–Crippen MR) is 96.8 cm³/mol. The van der Waals surface area contributed by atoms with Gasteiger partial charge in [0.1, 0.15) is 6.67 Å². The van der Waals surface area contributed by atoms with Crippen LogP contribution in [0, 0.1) is 29.4 Å². The molecule has 25 heavy (non-hydrogen) atoms. The number of rotatable bonds is 4. The molecule has 2 aliphatic rings. The molecule has 0 N–H and O–H groups in total. The highest BCUT2D eigenvalue weighted by molar-refractivity contribution is 5.70. The van der Waals surface area contributed by atoms with Gasteiger partial charge >= 0.3 is 0 Å². The molecule has 1 unspecified atom stereocenters. The van der Waals surface area contributed by atoms with Crippen molar-refractivity contribution in [3.8, 4) is 0 Å². The minimum absolute atomic E-state index is 0.194. The smallest absolute Gasteiger partial charge is 0.166 e. The van der Waals surface area contributed by atoms with E-state index in [1.165, 1.54) is 43.7 Å². The molecule has 2 aliphatic carbocycles. The molecule has 1 saturated carbocycles. The van der Waals surface area contributed by atoms with Crippen molar-refractivity contribution in [1.29, 1.82) is 0 Å². The maximum absolute atomic E-state index is 14.4. The van der Waals surface area contributed by atoms with Crippen LogP contribution in [0.15, 0.2) is 17.7 Å². The van der Waals surface area contributed by atoms with Gasteiger partial charge in [0.25, 0.3) is 0 Å². The van der Waals surface area contributed by atoms with Crippen molar-refractivity contribution in [3.05, 3.63) is 40.5 Å². The molecule has 0 bridgehead atoms. The van der Waals surface area contributed by atoms with Crippen LogP contribution in [-0.4, -0.2) is 0 Å². The SMILES string of the molecule is CCC1CCC(C2CCC(c3ccc(CF)c(F)c3F)=C(C)C2)CC1. The third-order valence-corrected chi connectivity index (χ3v) is 6.62. The lowest BCUT2D eigenvalue weighted by Gasteiger charge is -2.36. The zero-order valence-electron chi connectivity index (χ0n) is 15.4. The number of allylic oxidation sites excluding steroid dienone is 2. The van der Waals surface area contributed by atoms with E-state index >= 15 is 0 Å². The van der Waals surface area contributed by atoms with Gasteiger partial charge in [-0.1, -0.05) is 43.9 Å². The Morgan fingerprint density at radius 1 is 0.960 bits per heavy atom. The molecule has 0 spiro atoms. The van der Waals surface area contributed by atoms with Crippen LogP contribution < -0.4 is 0 Å². The quantitative estimate of drug-likeness (QED) is 0.537. The number of alkyl halides is 1. The van der Waals surface area contributed by atoms with E-state index in [9.17, 15) is 13.2 Å². The summed E-state index contributed by atoms with van der Waals surface area (Å²) in [6, 6.07) is 2.94. The van der Waals surface area contributed by atoms with Crippen LogP contribution in [0.5, 0.6) is 0 Å². The molecule has 0 aliphatic heterocycles. The summed E-state index contributed by atoms with van der Waals surface area (Å²) in [5.74, 6) is 0.458. The predicted octanol–water partition coefficient (Wildman–Crippen LogP) is 7.22. The molecule has 0 radical (unpaired) electrons. The fraction of sp³-hybridized carbons (Fsp3) is 0.636. The lowest BCUT2D eigenvalue weighted by Crippen LogP contribution is -2.24. The number of hydrogen-bond acceptors (Lipinski definition) is 0. The number of benzene rings is 1. The summed E-state index contributed by atoms with van der Waals surface area (Å²) in [7, 11) is 0. The number of hydrogen-bond donors (Lipinski definition) is 0. The molecule has 138 valence electrons. The fourth-order valence-corrected chi connectivity index (χ4v) is 4.92. The largest absolute Gasteiger partial charge is 0.246 e. The van der Waals surface area contributed by atoms with Gasteiger partial charge in [-0.3, -0.25) is 0 Å². The van der Waals surface area contributed by atoms with E-state index < -0.39 is 18.3 Å². The Morgan fingerprint density at radius 2 is 1.68 bits per heavy atom. The Labute approximate surface area is 149 Å². The minimum atomic E-state index is -1.03. The Balaban J connectivity index is 1.74. The normalized spacial score (nSPS) is 27.6. The summed E-state index contributed by atoms with van der Waals surface area (Å²) < 4.78 is 41.0. The second kappa shape index (κ2) is 7.97. The third kappa shape index (κ3) is 3.80. The van der Waals surface area contributed by atoms with E-state index in [-0.39, 0.29) is 5.56 Å². The average molecular weight is 350 g/mol. The van der Waals surface area contributed by atoms with Gasteiger partial charge in [0.2, 0.25) is 0 Å². The Hall–Kier alpha value is -1.25. The molecule has 3 rings (SSSR count). The van der Waals surface area contributed by atoms with Gasteiger partial charge in [-0.15, -0.1) is 0 Å². The fourth-order valence-electron chi connectivity index (χ4n) is 4.92. The van der Waals surface area contributed by atoms with Crippen LogP contribution in [0.2, 0.25) is 0 Å². The first-order valence-corrected chi connectivity index (χ1v) is 9.76. The zero-order valence-corrected chi connectivity index (χ0v) is 15.4. The van der Waals surface area contributed by atoms with Crippen molar-refractivity contribution < 1.29 is 13.2 Å². The van der Waals surface area contributed by atoms with Crippen LogP contribution >= 0.6 is 0 Å². The van der Waals surface area contributed by atoms with Gasteiger partial charge in [0, 0.05) is 11.1 Å². The molecule has 0 saturated heterocycles. The van der Waals surface area contributed by atoms with Crippen molar-refractivity contribution in [1.82, 2.24) is 0 Å². The zero-order chi connectivity index (χ0) is 18.0. The van der Waals surface area contributed by atoms with Gasteiger partial charge in [-0.25, -0.2) is 13.2 Å². The Morgan fingerprint density at radius 3 is 2.28 bits per heavy atom. The molecule has 0 nitrogen and oxygen atoms in total. The molecule has 0 aromatic heterocycles. The van der Waals surface area contributed by atoms with E-state index in [1.54, 1.807) is 6.07 Å². The van der Waals surface area contributed by atoms with Crippen molar-refractivity contribution >= 4 is 5.57 Å². The first-order valence-electron chi connectivity index (χ1n) is 9.76. The third-order valence-electron chi connectivity index (χ3n) is 6.62. The monoisotopic (exact) mass is 350 g/mol. The van der Waals surface area contributed by atoms with Gasteiger partial charge < -0.3 is 0 Å². The second-order valence-corrected chi connectivity index (χ2v) is 7.98. The summed E-state index contributed by atoms with van der Waals surface area (Å²) in [5.41, 5.74) is 2.25. The highest BCUT2D eigenvalue weighted by atomic mass is 19.2. The van der Waals surface area contributed by atoms with E-state index in [0.717, 1.165) is 36.7 Å². The minimum Gasteiger partial charge on any atom is -0.246 e. The standard InChI is InChI=1S/C22H29F3/c1-3-15-4-6-16(7-5-15)17-8-10-19(14(2)12-17)20-11-9-18(13-23)21(24)22(20)25/h9,11,15-17H,3-8,10,12-13H2,1-2H3. The molecular weight excluding hydrogens is 321 g/mol. The topological polar surface area (TPSA) is 0 Å². The summed E-state index contributed by atoms with van der Waals surface area (Å²) in [4.78, 5) is 0. The van der Waals surface area contributed by atoms with E-state index in [2.05, 4.69) is 13.8 Å². The molecule has 3 heteroatoms. The highest BCUT2D eigenvalue weighted by Gasteiger charge is 2.30. The van der Waals surface area contributed by atoms with Crippen molar-refractivity contribution in [2.45, 2.75) is 71.9 Å². The summed E-state index contributed by atoms with van der Waals surface area (Å²) in [6.45, 7) is 3.37. The van der Waals surface area contributed by atoms with Gasteiger partial charge in [-0.05, 0) is 62.4 Å². The van der Waals surface area contributed by atoms with E-state index in [0.29, 0.717) is 11.5 Å². The first kappa shape index (κ1) is 18.5. The van der Waals surface area contributed by atoms with Gasteiger partial charge in [0.15, 0.2) is 11.6 Å². The van der Waals surface area contributed by atoms with Crippen molar-refractivity contribution in [3.63, 3.8) is 0 Å². The van der Waals surface area contributed by atoms with Crippen LogP contribution in [0.4, 0.5) is 13.2 Å². The molecule has 1 aromatic carbocycles. The maximum Gasteiger partial charge on any atom is 0.166 e. The van der Waals surface area contributed by atoms with Crippen LogP contribution in [0.3, 0.4) is 0 Å². The highest BCUT2D eigenvalue weighted by Crippen LogP contribution is 2.44. The van der Waals surface area contributed by atoms with Crippen LogP contribution in [-0.2, 0) is 6.67 Å². The summed E-state index contributed by atoms with van der Waals surface area (Å²) in [6.07, 6.45) is 9.47.